The lowest BCUT2D eigenvalue weighted by Gasteiger charge is -2.17. The maximum atomic E-state index is 10.5. The molecule has 0 amide bonds. The molecule has 2 aromatic rings. The molecule has 4 nitrogen and oxygen atoms in total. The lowest BCUT2D eigenvalue weighted by atomic mass is 10.0. The summed E-state index contributed by atoms with van der Waals surface area (Å²) >= 11 is 5.97. The number of aliphatic hydroxyl groups is 1. The maximum absolute atomic E-state index is 10.5. The first-order chi connectivity index (χ1) is 9.17. The van der Waals surface area contributed by atoms with Crippen LogP contribution in [0.5, 0.6) is 11.6 Å². The highest BCUT2D eigenvalue weighted by molar-refractivity contribution is 6.30. The molecule has 0 spiro atoms. The fourth-order valence-electron chi connectivity index (χ4n) is 1.87. The van der Waals surface area contributed by atoms with Crippen LogP contribution in [0.2, 0.25) is 5.02 Å². The van der Waals surface area contributed by atoms with Crippen LogP contribution >= 0.6 is 11.6 Å². The number of hydrogen-bond donors (Lipinski definition) is 1. The summed E-state index contributed by atoms with van der Waals surface area (Å²) in [7, 11) is 3.05. The number of ether oxygens (including phenoxy) is 2. The van der Waals surface area contributed by atoms with Crippen LogP contribution in [0.15, 0.2) is 36.5 Å². The fourth-order valence-corrected chi connectivity index (χ4v) is 2.05. The zero-order valence-corrected chi connectivity index (χ0v) is 11.4. The van der Waals surface area contributed by atoms with Crippen molar-refractivity contribution in [1.29, 1.82) is 0 Å². The molecular formula is C14H14ClNO3. The van der Waals surface area contributed by atoms with Gasteiger partial charge in [0, 0.05) is 22.3 Å². The van der Waals surface area contributed by atoms with Crippen LogP contribution < -0.4 is 9.47 Å². The highest BCUT2D eigenvalue weighted by atomic mass is 35.5. The number of hydrogen-bond acceptors (Lipinski definition) is 4. The summed E-state index contributed by atoms with van der Waals surface area (Å²) in [5.74, 6) is 0.930. The van der Waals surface area contributed by atoms with Crippen LogP contribution in [0.4, 0.5) is 0 Å². The quantitative estimate of drug-likeness (QED) is 0.935. The van der Waals surface area contributed by atoms with E-state index in [9.17, 15) is 5.11 Å². The standard InChI is InChI=1S/C14H14ClNO3/c1-18-12-6-5-9(15)8-11(12)13(17)10-4-3-7-16-14(10)19-2/h3-8,13,17H,1-2H3. The Morgan fingerprint density at radius 2 is 1.95 bits per heavy atom. The molecular weight excluding hydrogens is 266 g/mol. The summed E-state index contributed by atoms with van der Waals surface area (Å²) < 4.78 is 10.4. The van der Waals surface area contributed by atoms with Crippen molar-refractivity contribution in [2.24, 2.45) is 0 Å². The van der Waals surface area contributed by atoms with Crippen molar-refractivity contribution in [2.75, 3.05) is 14.2 Å². The van der Waals surface area contributed by atoms with Crippen LogP contribution in [0.3, 0.4) is 0 Å². The van der Waals surface area contributed by atoms with Crippen molar-refractivity contribution in [3.8, 4) is 11.6 Å². The Balaban J connectivity index is 2.49. The number of aromatic nitrogens is 1. The average Bonchev–Trinajstić information content (AvgIpc) is 2.46. The van der Waals surface area contributed by atoms with Crippen LogP contribution in [0.1, 0.15) is 17.2 Å². The van der Waals surface area contributed by atoms with Gasteiger partial charge in [0.25, 0.3) is 0 Å². The molecule has 5 heteroatoms. The largest absolute Gasteiger partial charge is 0.496 e. The van der Waals surface area contributed by atoms with Gasteiger partial charge >= 0.3 is 0 Å². The molecule has 1 aromatic carbocycles. The van der Waals surface area contributed by atoms with E-state index in [1.165, 1.54) is 7.11 Å². The SMILES string of the molecule is COc1ccc(Cl)cc1C(O)c1cccnc1OC. The lowest BCUT2D eigenvalue weighted by Crippen LogP contribution is -2.05. The third kappa shape index (κ3) is 2.80. The van der Waals surface area contributed by atoms with Gasteiger partial charge in [-0.05, 0) is 30.3 Å². The topological polar surface area (TPSA) is 51.6 Å². The van der Waals surface area contributed by atoms with Crippen LogP contribution in [-0.4, -0.2) is 24.3 Å². The minimum absolute atomic E-state index is 0.372. The zero-order chi connectivity index (χ0) is 13.8. The van der Waals surface area contributed by atoms with E-state index in [0.717, 1.165) is 0 Å². The third-order valence-electron chi connectivity index (χ3n) is 2.77. The van der Waals surface area contributed by atoms with Gasteiger partial charge in [0.2, 0.25) is 5.88 Å². The van der Waals surface area contributed by atoms with E-state index in [0.29, 0.717) is 27.8 Å². The van der Waals surface area contributed by atoms with Gasteiger partial charge in [-0.25, -0.2) is 4.98 Å². The third-order valence-corrected chi connectivity index (χ3v) is 3.01. The van der Waals surface area contributed by atoms with E-state index in [2.05, 4.69) is 4.98 Å². The van der Waals surface area contributed by atoms with E-state index in [1.807, 2.05) is 0 Å². The number of benzene rings is 1. The van der Waals surface area contributed by atoms with Gasteiger partial charge in [-0.2, -0.15) is 0 Å². The second-order valence-electron chi connectivity index (χ2n) is 3.89. The zero-order valence-electron chi connectivity index (χ0n) is 10.6. The number of aliphatic hydroxyl groups excluding tert-OH is 1. The molecule has 1 unspecified atom stereocenters. The van der Waals surface area contributed by atoms with E-state index in [1.54, 1.807) is 43.6 Å². The summed E-state index contributed by atoms with van der Waals surface area (Å²) in [6, 6.07) is 8.56. The number of pyridine rings is 1. The van der Waals surface area contributed by atoms with Gasteiger partial charge in [0.15, 0.2) is 0 Å². The first kappa shape index (κ1) is 13.6. The summed E-state index contributed by atoms with van der Waals surface area (Å²) in [6.45, 7) is 0. The van der Waals surface area contributed by atoms with Gasteiger partial charge in [0.1, 0.15) is 11.9 Å². The highest BCUT2D eigenvalue weighted by Crippen LogP contribution is 2.34. The van der Waals surface area contributed by atoms with Crippen LogP contribution in [0, 0.1) is 0 Å². The highest BCUT2D eigenvalue weighted by Gasteiger charge is 2.20. The normalized spacial score (nSPS) is 12.0. The molecule has 1 atom stereocenters. The van der Waals surface area contributed by atoms with Crippen molar-refractivity contribution < 1.29 is 14.6 Å². The summed E-state index contributed by atoms with van der Waals surface area (Å²) in [4.78, 5) is 4.07. The number of methoxy groups -OCH3 is 2. The molecule has 0 saturated carbocycles. The average molecular weight is 280 g/mol. The minimum Gasteiger partial charge on any atom is -0.496 e. The van der Waals surface area contributed by atoms with Gasteiger partial charge in [-0.1, -0.05) is 11.6 Å². The van der Waals surface area contributed by atoms with Crippen LogP contribution in [-0.2, 0) is 0 Å². The molecule has 0 bridgehead atoms. The summed E-state index contributed by atoms with van der Waals surface area (Å²) in [5, 5.41) is 11.0. The Kier molecular flexibility index (Phi) is 4.24. The summed E-state index contributed by atoms with van der Waals surface area (Å²) in [6.07, 6.45) is 0.682. The Morgan fingerprint density at radius 1 is 1.16 bits per heavy atom. The fraction of sp³-hybridized carbons (Fsp3) is 0.214. The Morgan fingerprint density at radius 3 is 2.63 bits per heavy atom. The van der Waals surface area contributed by atoms with Crippen molar-refractivity contribution in [2.45, 2.75) is 6.10 Å². The molecule has 2 rings (SSSR count). The smallest absolute Gasteiger partial charge is 0.219 e. The van der Waals surface area contributed by atoms with Gasteiger partial charge in [-0.3, -0.25) is 0 Å². The second kappa shape index (κ2) is 5.91. The first-order valence-corrected chi connectivity index (χ1v) is 6.05. The molecule has 0 saturated heterocycles. The van der Waals surface area contributed by atoms with E-state index in [-0.39, 0.29) is 0 Å². The maximum Gasteiger partial charge on any atom is 0.219 e. The van der Waals surface area contributed by atoms with Gasteiger partial charge < -0.3 is 14.6 Å². The molecule has 0 aliphatic heterocycles. The molecule has 1 aromatic heterocycles. The molecule has 100 valence electrons. The van der Waals surface area contributed by atoms with E-state index >= 15 is 0 Å². The minimum atomic E-state index is -0.919. The number of rotatable bonds is 4. The van der Waals surface area contributed by atoms with Crippen molar-refractivity contribution >= 4 is 11.6 Å². The molecule has 0 fully saturated rings. The molecule has 0 radical (unpaired) electrons. The molecule has 19 heavy (non-hydrogen) atoms. The number of nitrogens with zero attached hydrogens (tertiary/aromatic N) is 1. The molecule has 1 N–H and O–H groups in total. The first-order valence-electron chi connectivity index (χ1n) is 5.67. The van der Waals surface area contributed by atoms with Gasteiger partial charge in [-0.15, -0.1) is 0 Å². The van der Waals surface area contributed by atoms with Crippen molar-refractivity contribution in [3.63, 3.8) is 0 Å². The number of halogens is 1. The molecule has 1 heterocycles. The monoisotopic (exact) mass is 279 g/mol. The Bertz CT molecular complexity index is 574. The predicted molar refractivity (Wildman–Crippen MR) is 72.9 cm³/mol. The Hall–Kier alpha value is -1.78. The van der Waals surface area contributed by atoms with Crippen molar-refractivity contribution in [1.82, 2.24) is 4.98 Å². The predicted octanol–water partition coefficient (Wildman–Crippen LogP) is 2.83. The van der Waals surface area contributed by atoms with Gasteiger partial charge in [0.05, 0.1) is 14.2 Å². The van der Waals surface area contributed by atoms with Crippen LogP contribution in [0.25, 0.3) is 0 Å². The van der Waals surface area contributed by atoms with E-state index < -0.39 is 6.10 Å². The summed E-state index contributed by atoms with van der Waals surface area (Å²) in [5.41, 5.74) is 1.13. The molecule has 0 aliphatic carbocycles. The molecule has 0 aliphatic rings. The van der Waals surface area contributed by atoms with Crippen molar-refractivity contribution in [3.05, 3.63) is 52.7 Å². The Labute approximate surface area is 116 Å². The second-order valence-corrected chi connectivity index (χ2v) is 4.33. The van der Waals surface area contributed by atoms with E-state index in [4.69, 9.17) is 21.1 Å². The lowest BCUT2D eigenvalue weighted by molar-refractivity contribution is 0.208.